The number of benzene rings is 3. The van der Waals surface area contributed by atoms with Crippen molar-refractivity contribution in [2.75, 3.05) is 0 Å². The first-order valence-corrected chi connectivity index (χ1v) is 8.96. The van der Waals surface area contributed by atoms with Crippen LogP contribution >= 0.6 is 0 Å². The van der Waals surface area contributed by atoms with Gasteiger partial charge in [0, 0.05) is 10.8 Å². The fourth-order valence-corrected chi connectivity index (χ4v) is 3.44. The molecule has 0 aliphatic carbocycles. The first kappa shape index (κ1) is 19.0. The van der Waals surface area contributed by atoms with Gasteiger partial charge in [-0.1, -0.05) is 72.8 Å². The van der Waals surface area contributed by atoms with Crippen LogP contribution in [-0.2, 0) is 0 Å². The van der Waals surface area contributed by atoms with Gasteiger partial charge >= 0.3 is 0 Å². The SMILES string of the molecule is O=c1c(=O)c(=O)c(=O)c2ccccc2c2ccccc2c2ccccc2c(=O)c1=O. The number of fused-ring (bicyclic) bond motifs is 5. The summed E-state index contributed by atoms with van der Waals surface area (Å²) in [6.07, 6.45) is 0. The second-order valence-electron chi connectivity index (χ2n) is 6.61. The van der Waals surface area contributed by atoms with Crippen LogP contribution in [-0.4, -0.2) is 0 Å². The van der Waals surface area contributed by atoms with Crippen molar-refractivity contribution < 1.29 is 0 Å². The molecule has 4 aromatic rings. The van der Waals surface area contributed by atoms with Gasteiger partial charge in [0.05, 0.1) is 0 Å². The minimum absolute atomic E-state index is 0.0760. The van der Waals surface area contributed by atoms with Crippen molar-refractivity contribution in [3.8, 4) is 0 Å². The second kappa shape index (κ2) is 7.25. The predicted molar refractivity (Wildman–Crippen MR) is 117 cm³/mol. The smallest absolute Gasteiger partial charge is 0.281 e. The van der Waals surface area contributed by atoms with Gasteiger partial charge in [0.15, 0.2) is 0 Å². The summed E-state index contributed by atoms with van der Waals surface area (Å²) in [5.74, 6) is 0. The van der Waals surface area contributed by atoms with E-state index in [9.17, 15) is 28.8 Å². The van der Waals surface area contributed by atoms with Crippen LogP contribution in [0.3, 0.4) is 0 Å². The molecule has 4 aromatic carbocycles. The third-order valence-corrected chi connectivity index (χ3v) is 4.88. The number of rotatable bonds is 0. The Morgan fingerprint density at radius 2 is 0.467 bits per heavy atom. The Bertz CT molecular complexity index is 1630. The Balaban J connectivity index is 2.64. The average Bonchev–Trinajstić information content (AvgIpc) is 2.80. The third-order valence-electron chi connectivity index (χ3n) is 4.88. The maximum Gasteiger partial charge on any atom is 0.281 e. The Hall–Kier alpha value is -4.32. The average molecular weight is 396 g/mol. The molecular formula is C24H12O6. The van der Waals surface area contributed by atoms with Crippen LogP contribution in [0.25, 0.3) is 32.3 Å². The van der Waals surface area contributed by atoms with Gasteiger partial charge in [0.2, 0.25) is 10.9 Å². The molecule has 0 unspecified atom stereocenters. The third kappa shape index (κ3) is 2.91. The van der Waals surface area contributed by atoms with E-state index < -0.39 is 32.6 Å². The molecule has 0 aromatic heterocycles. The van der Waals surface area contributed by atoms with Gasteiger partial charge in [-0.05, 0) is 21.5 Å². The first-order chi connectivity index (χ1) is 14.4. The van der Waals surface area contributed by atoms with Gasteiger partial charge < -0.3 is 0 Å². The molecule has 30 heavy (non-hydrogen) atoms. The zero-order valence-electron chi connectivity index (χ0n) is 15.4. The molecular weight excluding hydrogens is 384 g/mol. The molecule has 144 valence electrons. The normalized spacial score (nSPS) is 10.8. The highest BCUT2D eigenvalue weighted by atomic mass is 16.2. The quantitative estimate of drug-likeness (QED) is 0.415. The standard InChI is InChI=1S/C24H12O6/c25-19-17-11-5-3-9-15(17)13-7-1-2-8-14(13)16-10-4-6-12-18(16)20(26)22(28)24(30)23(29)21(19)27/h1-12H. The van der Waals surface area contributed by atoms with E-state index in [2.05, 4.69) is 0 Å². The van der Waals surface area contributed by atoms with Crippen LogP contribution in [0.15, 0.2) is 102 Å². The van der Waals surface area contributed by atoms with Crippen LogP contribution in [0, 0.1) is 0 Å². The molecule has 6 heteroatoms. The Kier molecular flexibility index (Phi) is 4.60. The topological polar surface area (TPSA) is 102 Å². The summed E-state index contributed by atoms with van der Waals surface area (Å²) in [5.41, 5.74) is -9.38. The lowest BCUT2D eigenvalue weighted by Gasteiger charge is -2.02. The van der Waals surface area contributed by atoms with E-state index in [0.29, 0.717) is 21.5 Å². The van der Waals surface area contributed by atoms with E-state index in [-0.39, 0.29) is 10.8 Å². The van der Waals surface area contributed by atoms with E-state index in [1.165, 1.54) is 24.3 Å². The first-order valence-electron chi connectivity index (χ1n) is 8.96. The van der Waals surface area contributed by atoms with Crippen LogP contribution in [0.1, 0.15) is 0 Å². The van der Waals surface area contributed by atoms with Crippen molar-refractivity contribution >= 4 is 32.3 Å². The van der Waals surface area contributed by atoms with Crippen molar-refractivity contribution in [2.24, 2.45) is 0 Å². The van der Waals surface area contributed by atoms with Gasteiger partial charge in [-0.15, -0.1) is 0 Å². The minimum Gasteiger partial charge on any atom is -0.285 e. The van der Waals surface area contributed by atoms with Crippen molar-refractivity contribution in [3.63, 3.8) is 0 Å². The maximum atomic E-state index is 12.7. The van der Waals surface area contributed by atoms with E-state index >= 15 is 0 Å². The van der Waals surface area contributed by atoms with Gasteiger partial charge in [0.1, 0.15) is 0 Å². The summed E-state index contributed by atoms with van der Waals surface area (Å²) in [6, 6.07) is 19.2. The highest BCUT2D eigenvalue weighted by molar-refractivity contribution is 6.13. The van der Waals surface area contributed by atoms with Gasteiger partial charge in [0.25, 0.3) is 21.7 Å². The van der Waals surface area contributed by atoms with E-state index in [1.807, 2.05) is 0 Å². The van der Waals surface area contributed by atoms with Crippen molar-refractivity contribution in [3.05, 3.63) is 134 Å². The van der Waals surface area contributed by atoms with Crippen molar-refractivity contribution in [1.82, 2.24) is 0 Å². The van der Waals surface area contributed by atoms with Crippen LogP contribution < -0.4 is 32.6 Å². The Morgan fingerprint density at radius 1 is 0.267 bits per heavy atom. The summed E-state index contributed by atoms with van der Waals surface area (Å²) >= 11 is 0. The van der Waals surface area contributed by atoms with Crippen molar-refractivity contribution in [1.29, 1.82) is 0 Å². The van der Waals surface area contributed by atoms with E-state index in [1.54, 1.807) is 48.5 Å². The highest BCUT2D eigenvalue weighted by Crippen LogP contribution is 2.24. The molecule has 0 atom stereocenters. The van der Waals surface area contributed by atoms with Gasteiger partial charge in [-0.2, -0.15) is 0 Å². The fraction of sp³-hybridized carbons (Fsp3) is 0. The summed E-state index contributed by atoms with van der Waals surface area (Å²) in [5, 5.41) is 1.63. The van der Waals surface area contributed by atoms with E-state index in [4.69, 9.17) is 0 Å². The molecule has 4 rings (SSSR count). The van der Waals surface area contributed by atoms with Crippen molar-refractivity contribution in [2.45, 2.75) is 0 Å². The Labute approximate surface area is 167 Å². The molecule has 0 spiro atoms. The molecule has 0 aliphatic rings. The number of hydrogen-bond donors (Lipinski definition) is 0. The highest BCUT2D eigenvalue weighted by Gasteiger charge is 2.10. The molecule has 0 aliphatic heterocycles. The summed E-state index contributed by atoms with van der Waals surface area (Å²) in [7, 11) is 0. The molecule has 0 heterocycles. The molecule has 0 N–H and O–H groups in total. The largest absolute Gasteiger partial charge is 0.285 e. The molecule has 0 fully saturated rings. The lowest BCUT2D eigenvalue weighted by atomic mass is 10.0. The predicted octanol–water partition coefficient (Wildman–Crippen LogP) is 1.31. The van der Waals surface area contributed by atoms with Gasteiger partial charge in [-0.3, -0.25) is 28.8 Å². The minimum atomic E-state index is -1.82. The summed E-state index contributed by atoms with van der Waals surface area (Å²) in [4.78, 5) is 74.6. The van der Waals surface area contributed by atoms with Crippen LogP contribution in [0.5, 0.6) is 0 Å². The van der Waals surface area contributed by atoms with Crippen LogP contribution in [0.4, 0.5) is 0 Å². The molecule has 6 nitrogen and oxygen atoms in total. The molecule has 0 saturated carbocycles. The maximum absolute atomic E-state index is 12.7. The monoisotopic (exact) mass is 396 g/mol. The number of hydrogen-bond acceptors (Lipinski definition) is 6. The lowest BCUT2D eigenvalue weighted by molar-refractivity contribution is 1.35. The molecule has 0 bridgehead atoms. The molecule has 0 amide bonds. The fourth-order valence-electron chi connectivity index (χ4n) is 3.44. The summed E-state index contributed by atoms with van der Waals surface area (Å²) < 4.78 is 0. The molecule has 0 saturated heterocycles. The Morgan fingerprint density at radius 3 is 0.767 bits per heavy atom. The summed E-state index contributed by atoms with van der Waals surface area (Å²) in [6.45, 7) is 0. The molecule has 0 radical (unpaired) electrons. The zero-order chi connectivity index (χ0) is 21.4. The zero-order valence-corrected chi connectivity index (χ0v) is 15.4. The second-order valence-corrected chi connectivity index (χ2v) is 6.61. The lowest BCUT2D eigenvalue weighted by Crippen LogP contribution is -2.51. The van der Waals surface area contributed by atoms with Gasteiger partial charge in [-0.25, -0.2) is 0 Å². The van der Waals surface area contributed by atoms with E-state index in [0.717, 1.165) is 0 Å². The van der Waals surface area contributed by atoms with Crippen LogP contribution in [0.2, 0.25) is 0 Å².